The maximum Gasteiger partial charge on any atom is 0.339 e. The Balaban J connectivity index is 2.57. The van der Waals surface area contributed by atoms with E-state index in [0.717, 1.165) is 27.8 Å². The molecule has 0 heterocycles. The van der Waals surface area contributed by atoms with E-state index in [2.05, 4.69) is 0 Å². The lowest BCUT2D eigenvalue weighted by Crippen LogP contribution is -2.12. The van der Waals surface area contributed by atoms with Gasteiger partial charge in [-0.25, -0.2) is 0 Å². The van der Waals surface area contributed by atoms with Crippen molar-refractivity contribution >= 4 is 10.1 Å². The average molecular weight is 292 g/mol. The van der Waals surface area contributed by atoms with Crippen LogP contribution in [-0.4, -0.2) is 8.42 Å². The van der Waals surface area contributed by atoms with Gasteiger partial charge < -0.3 is 4.18 Å². The molecular formula is C16H20O3S. The van der Waals surface area contributed by atoms with Gasteiger partial charge in [0.25, 0.3) is 0 Å². The van der Waals surface area contributed by atoms with Crippen LogP contribution in [0.25, 0.3) is 0 Å². The van der Waals surface area contributed by atoms with Gasteiger partial charge in [0, 0.05) is 6.42 Å². The SMILES string of the molecule is Cc1c(C)c(C)c(S(=O)(=O)OC2=CC=CC2)c(C)c1C. The van der Waals surface area contributed by atoms with Crippen molar-refractivity contribution in [1.82, 2.24) is 0 Å². The van der Waals surface area contributed by atoms with E-state index in [0.29, 0.717) is 17.1 Å². The lowest BCUT2D eigenvalue weighted by Gasteiger charge is -2.18. The summed E-state index contributed by atoms with van der Waals surface area (Å²) in [5, 5.41) is 0. The molecule has 3 nitrogen and oxygen atoms in total. The molecule has 1 aromatic rings. The van der Waals surface area contributed by atoms with Gasteiger partial charge in [0.05, 0.1) is 0 Å². The van der Waals surface area contributed by atoms with E-state index in [4.69, 9.17) is 4.18 Å². The highest BCUT2D eigenvalue weighted by Gasteiger charge is 2.26. The first-order valence-electron chi connectivity index (χ1n) is 6.63. The minimum atomic E-state index is -3.78. The Kier molecular flexibility index (Phi) is 3.78. The van der Waals surface area contributed by atoms with E-state index < -0.39 is 10.1 Å². The quantitative estimate of drug-likeness (QED) is 0.796. The molecule has 20 heavy (non-hydrogen) atoms. The van der Waals surface area contributed by atoms with Crippen molar-refractivity contribution in [3.63, 3.8) is 0 Å². The van der Waals surface area contributed by atoms with Gasteiger partial charge >= 0.3 is 10.1 Å². The molecule has 108 valence electrons. The van der Waals surface area contributed by atoms with E-state index in [-0.39, 0.29) is 0 Å². The van der Waals surface area contributed by atoms with Crippen molar-refractivity contribution in [3.05, 3.63) is 51.8 Å². The minimum absolute atomic E-state index is 0.311. The lowest BCUT2D eigenvalue weighted by atomic mass is 9.95. The van der Waals surface area contributed by atoms with Gasteiger partial charge in [0.1, 0.15) is 10.7 Å². The zero-order valence-electron chi connectivity index (χ0n) is 12.6. The third-order valence-corrected chi connectivity index (χ3v) is 5.68. The smallest absolute Gasteiger partial charge is 0.339 e. The van der Waals surface area contributed by atoms with Crippen LogP contribution >= 0.6 is 0 Å². The number of benzene rings is 1. The molecule has 0 atom stereocenters. The summed E-state index contributed by atoms with van der Waals surface area (Å²) in [6.07, 6.45) is 5.89. The highest BCUT2D eigenvalue weighted by atomic mass is 32.2. The van der Waals surface area contributed by atoms with Gasteiger partial charge in [0.2, 0.25) is 0 Å². The highest BCUT2D eigenvalue weighted by Crippen LogP contribution is 2.32. The van der Waals surface area contributed by atoms with Crippen LogP contribution in [0.3, 0.4) is 0 Å². The first-order chi connectivity index (χ1) is 9.25. The number of hydrogen-bond acceptors (Lipinski definition) is 3. The third-order valence-electron chi connectivity index (χ3n) is 4.14. The summed E-state index contributed by atoms with van der Waals surface area (Å²) in [7, 11) is -3.78. The fourth-order valence-electron chi connectivity index (χ4n) is 2.51. The summed E-state index contributed by atoms with van der Waals surface area (Å²) in [6, 6.07) is 0. The molecule has 0 fully saturated rings. The zero-order chi connectivity index (χ0) is 15.1. The van der Waals surface area contributed by atoms with Crippen molar-refractivity contribution in [2.45, 2.75) is 45.9 Å². The van der Waals surface area contributed by atoms with Crippen molar-refractivity contribution in [3.8, 4) is 0 Å². The molecule has 0 aromatic heterocycles. The fourth-order valence-corrected chi connectivity index (χ4v) is 4.06. The first kappa shape index (κ1) is 14.9. The Morgan fingerprint density at radius 2 is 1.40 bits per heavy atom. The molecule has 1 aliphatic carbocycles. The van der Waals surface area contributed by atoms with Gasteiger partial charge in [0.15, 0.2) is 0 Å². The number of hydrogen-bond donors (Lipinski definition) is 0. The van der Waals surface area contributed by atoms with Gasteiger partial charge in [-0.15, -0.1) is 0 Å². The minimum Gasteiger partial charge on any atom is -0.383 e. The van der Waals surface area contributed by atoms with Gasteiger partial charge in [-0.05, 0) is 68.5 Å². The largest absolute Gasteiger partial charge is 0.383 e. The molecule has 0 bridgehead atoms. The second-order valence-electron chi connectivity index (χ2n) is 5.26. The van der Waals surface area contributed by atoms with Gasteiger partial charge in [-0.3, -0.25) is 0 Å². The van der Waals surface area contributed by atoms with Crippen molar-refractivity contribution in [2.24, 2.45) is 0 Å². The lowest BCUT2D eigenvalue weighted by molar-refractivity contribution is 0.401. The molecule has 1 aromatic carbocycles. The van der Waals surface area contributed by atoms with Gasteiger partial charge in [-0.2, -0.15) is 8.42 Å². The second kappa shape index (κ2) is 5.09. The Bertz CT molecular complexity index is 694. The maximum absolute atomic E-state index is 12.6. The van der Waals surface area contributed by atoms with E-state index in [9.17, 15) is 8.42 Å². The molecule has 0 N–H and O–H groups in total. The molecule has 0 radical (unpaired) electrons. The summed E-state index contributed by atoms with van der Waals surface area (Å²) >= 11 is 0. The first-order valence-corrected chi connectivity index (χ1v) is 8.03. The molecule has 0 saturated carbocycles. The number of rotatable bonds is 3. The summed E-state index contributed by atoms with van der Waals surface area (Å²) in [5.74, 6) is 0.472. The average Bonchev–Trinajstić information content (AvgIpc) is 2.86. The molecule has 0 aliphatic heterocycles. The van der Waals surface area contributed by atoms with E-state index in [1.54, 1.807) is 12.2 Å². The predicted octanol–water partition coefficient (Wildman–Crippen LogP) is 3.78. The standard InChI is InChI=1S/C16H20O3S/c1-10-11(2)13(4)16(14(5)12(10)3)20(17,18)19-15-8-6-7-9-15/h6-8H,9H2,1-5H3. The van der Waals surface area contributed by atoms with Crippen molar-refractivity contribution in [1.29, 1.82) is 0 Å². The summed E-state index contributed by atoms with van der Waals surface area (Å²) < 4.78 is 30.4. The Labute approximate surface area is 121 Å². The van der Waals surface area contributed by atoms with Crippen LogP contribution in [0.5, 0.6) is 0 Å². The Hall–Kier alpha value is -1.55. The van der Waals surface area contributed by atoms with Crippen molar-refractivity contribution in [2.75, 3.05) is 0 Å². The second-order valence-corrected chi connectivity index (χ2v) is 6.74. The molecule has 1 aliphatic rings. The highest BCUT2D eigenvalue weighted by molar-refractivity contribution is 7.87. The monoisotopic (exact) mass is 292 g/mol. The Morgan fingerprint density at radius 3 is 1.85 bits per heavy atom. The van der Waals surface area contributed by atoms with Crippen LogP contribution in [0.4, 0.5) is 0 Å². The topological polar surface area (TPSA) is 43.4 Å². The van der Waals surface area contributed by atoms with Crippen LogP contribution in [0, 0.1) is 34.6 Å². The number of allylic oxidation sites excluding steroid dienone is 3. The molecule has 0 saturated heterocycles. The van der Waals surface area contributed by atoms with E-state index >= 15 is 0 Å². The molecule has 0 unspecified atom stereocenters. The fraction of sp³-hybridized carbons (Fsp3) is 0.375. The zero-order valence-corrected chi connectivity index (χ0v) is 13.4. The van der Waals surface area contributed by atoms with Crippen LogP contribution in [0.15, 0.2) is 28.9 Å². The Morgan fingerprint density at radius 1 is 0.900 bits per heavy atom. The van der Waals surface area contributed by atoms with Crippen LogP contribution in [0.1, 0.15) is 34.2 Å². The summed E-state index contributed by atoms with van der Waals surface area (Å²) in [6.45, 7) is 9.60. The van der Waals surface area contributed by atoms with Crippen LogP contribution in [-0.2, 0) is 14.3 Å². The molecule has 0 spiro atoms. The maximum atomic E-state index is 12.6. The van der Waals surface area contributed by atoms with E-state index in [1.807, 2.05) is 40.7 Å². The molecule has 0 amide bonds. The van der Waals surface area contributed by atoms with Gasteiger partial charge in [-0.1, -0.05) is 12.2 Å². The van der Waals surface area contributed by atoms with Crippen LogP contribution in [0.2, 0.25) is 0 Å². The van der Waals surface area contributed by atoms with E-state index in [1.165, 1.54) is 0 Å². The molecule has 2 rings (SSSR count). The summed E-state index contributed by atoms with van der Waals surface area (Å²) in [5.41, 5.74) is 4.71. The van der Waals surface area contributed by atoms with Crippen molar-refractivity contribution < 1.29 is 12.6 Å². The molecule has 4 heteroatoms. The third kappa shape index (κ3) is 2.40. The predicted molar refractivity (Wildman–Crippen MR) is 80.2 cm³/mol. The normalized spacial score (nSPS) is 14.6. The summed E-state index contributed by atoms with van der Waals surface area (Å²) in [4.78, 5) is 0.311. The molecular weight excluding hydrogens is 272 g/mol. The van der Waals surface area contributed by atoms with Crippen LogP contribution < -0.4 is 0 Å².